The molecule has 0 bridgehead atoms. The van der Waals surface area contributed by atoms with Crippen molar-refractivity contribution in [3.8, 4) is 5.75 Å². The maximum Gasteiger partial charge on any atom is 0.238 e. The summed E-state index contributed by atoms with van der Waals surface area (Å²) in [7, 11) is -3.88. The molecular weight excluding hydrogens is 283 g/mol. The molecule has 0 radical (unpaired) electrons. The Bertz CT molecular complexity index is 557. The van der Waals surface area contributed by atoms with E-state index in [0.717, 1.165) is 25.7 Å². The highest BCUT2D eigenvalue weighted by Gasteiger charge is 2.13. The number of piperidine rings is 1. The quantitative estimate of drug-likeness (QED) is 0.891. The van der Waals surface area contributed by atoms with E-state index in [0.29, 0.717) is 6.61 Å². The van der Waals surface area contributed by atoms with Gasteiger partial charge in [-0.15, -0.1) is 0 Å². The van der Waals surface area contributed by atoms with E-state index < -0.39 is 15.8 Å². The minimum atomic E-state index is -3.88. The number of halogens is 1. The Morgan fingerprint density at radius 2 is 1.95 bits per heavy atom. The lowest BCUT2D eigenvalue weighted by Gasteiger charge is -2.26. The van der Waals surface area contributed by atoms with Crippen molar-refractivity contribution < 1.29 is 17.5 Å². The molecule has 1 aliphatic rings. The predicted octanol–water partition coefficient (Wildman–Crippen LogP) is 1.34. The minimum absolute atomic E-state index is 0.0504. The van der Waals surface area contributed by atoms with Crippen molar-refractivity contribution >= 4 is 10.0 Å². The van der Waals surface area contributed by atoms with Crippen molar-refractivity contribution in [3.63, 3.8) is 0 Å². The Labute approximate surface area is 118 Å². The van der Waals surface area contributed by atoms with E-state index in [1.807, 2.05) is 0 Å². The summed E-state index contributed by atoms with van der Waals surface area (Å²) in [6.07, 6.45) is 3.65. The van der Waals surface area contributed by atoms with Gasteiger partial charge in [0.05, 0.1) is 4.90 Å². The fourth-order valence-corrected chi connectivity index (χ4v) is 2.77. The molecule has 1 aromatic rings. The summed E-state index contributed by atoms with van der Waals surface area (Å²) in [6.45, 7) is 3.23. The first kappa shape index (κ1) is 15.2. The van der Waals surface area contributed by atoms with E-state index in [2.05, 4.69) is 4.90 Å². The predicted molar refractivity (Wildman–Crippen MR) is 73.6 cm³/mol. The van der Waals surface area contributed by atoms with E-state index in [-0.39, 0.29) is 10.6 Å². The van der Waals surface area contributed by atoms with Gasteiger partial charge in [0, 0.05) is 6.54 Å². The number of benzene rings is 1. The Balaban J connectivity index is 1.90. The zero-order valence-corrected chi connectivity index (χ0v) is 12.0. The van der Waals surface area contributed by atoms with Crippen LogP contribution in [0.1, 0.15) is 19.3 Å². The van der Waals surface area contributed by atoms with Gasteiger partial charge in [0.15, 0.2) is 11.6 Å². The van der Waals surface area contributed by atoms with Crippen molar-refractivity contribution in [2.45, 2.75) is 24.2 Å². The molecule has 0 unspecified atom stereocenters. The van der Waals surface area contributed by atoms with Crippen LogP contribution in [-0.2, 0) is 10.0 Å². The highest BCUT2D eigenvalue weighted by molar-refractivity contribution is 7.89. The summed E-state index contributed by atoms with van der Waals surface area (Å²) < 4.78 is 41.2. The van der Waals surface area contributed by atoms with Crippen LogP contribution in [0, 0.1) is 5.82 Å². The first-order chi connectivity index (χ1) is 9.47. The second-order valence-corrected chi connectivity index (χ2v) is 6.45. The van der Waals surface area contributed by atoms with Gasteiger partial charge in [0.25, 0.3) is 0 Å². The normalized spacial score (nSPS) is 17.1. The molecule has 5 nitrogen and oxygen atoms in total. The molecule has 0 spiro atoms. The number of nitrogens with two attached hydrogens (primary N) is 1. The van der Waals surface area contributed by atoms with Gasteiger partial charge in [0.1, 0.15) is 6.61 Å². The number of primary sulfonamides is 1. The van der Waals surface area contributed by atoms with E-state index in [4.69, 9.17) is 9.88 Å². The Morgan fingerprint density at radius 1 is 1.25 bits per heavy atom. The number of ether oxygens (including phenoxy) is 1. The molecule has 0 aliphatic carbocycles. The van der Waals surface area contributed by atoms with Crippen LogP contribution in [0.5, 0.6) is 5.75 Å². The van der Waals surface area contributed by atoms with Gasteiger partial charge in [-0.2, -0.15) is 0 Å². The van der Waals surface area contributed by atoms with Crippen molar-refractivity contribution in [1.29, 1.82) is 0 Å². The average molecular weight is 302 g/mol. The van der Waals surface area contributed by atoms with Crippen LogP contribution in [0.4, 0.5) is 4.39 Å². The molecule has 2 rings (SSSR count). The third kappa shape index (κ3) is 4.16. The first-order valence-corrected chi connectivity index (χ1v) is 8.19. The highest BCUT2D eigenvalue weighted by Crippen LogP contribution is 2.20. The van der Waals surface area contributed by atoms with Crippen molar-refractivity contribution in [1.82, 2.24) is 4.90 Å². The topological polar surface area (TPSA) is 72.6 Å². The van der Waals surface area contributed by atoms with Gasteiger partial charge in [0.2, 0.25) is 10.0 Å². The lowest BCUT2D eigenvalue weighted by Crippen LogP contribution is -2.33. The molecule has 1 heterocycles. The van der Waals surface area contributed by atoms with Crippen LogP contribution >= 0.6 is 0 Å². The van der Waals surface area contributed by atoms with Crippen molar-refractivity contribution in [3.05, 3.63) is 24.0 Å². The van der Waals surface area contributed by atoms with Crippen LogP contribution in [0.2, 0.25) is 0 Å². The van der Waals surface area contributed by atoms with E-state index in [1.165, 1.54) is 31.4 Å². The first-order valence-electron chi connectivity index (χ1n) is 6.64. The summed E-state index contributed by atoms with van der Waals surface area (Å²) in [5.74, 6) is -0.662. The van der Waals surface area contributed by atoms with Crippen molar-refractivity contribution in [2.75, 3.05) is 26.2 Å². The van der Waals surface area contributed by atoms with Crippen LogP contribution in [0.25, 0.3) is 0 Å². The second kappa shape index (κ2) is 6.51. The standard InChI is InChI=1S/C13H19FN2O3S/c14-12-10-11(20(15,17)18)4-5-13(12)19-9-8-16-6-2-1-3-7-16/h4-5,10H,1-3,6-9H2,(H2,15,17,18). The molecule has 1 aromatic carbocycles. The Morgan fingerprint density at radius 3 is 2.55 bits per heavy atom. The maximum atomic E-state index is 13.7. The molecule has 112 valence electrons. The minimum Gasteiger partial charge on any atom is -0.489 e. The van der Waals surface area contributed by atoms with Gasteiger partial charge in [-0.1, -0.05) is 6.42 Å². The monoisotopic (exact) mass is 302 g/mol. The summed E-state index contributed by atoms with van der Waals surface area (Å²) >= 11 is 0. The Kier molecular flexibility index (Phi) is 4.95. The molecular formula is C13H19FN2O3S. The summed E-state index contributed by atoms with van der Waals surface area (Å²) in [5, 5.41) is 4.93. The lowest BCUT2D eigenvalue weighted by molar-refractivity contribution is 0.180. The SMILES string of the molecule is NS(=O)(=O)c1ccc(OCCN2CCCCC2)c(F)c1. The Hall–Kier alpha value is -1.18. The third-order valence-electron chi connectivity index (χ3n) is 3.35. The zero-order chi connectivity index (χ0) is 14.6. The van der Waals surface area contributed by atoms with Crippen molar-refractivity contribution in [2.24, 2.45) is 5.14 Å². The average Bonchev–Trinajstić information content (AvgIpc) is 2.40. The molecule has 1 aliphatic heterocycles. The summed E-state index contributed by atoms with van der Waals surface area (Å²) in [4.78, 5) is 2.03. The number of nitrogens with zero attached hydrogens (tertiary/aromatic N) is 1. The lowest BCUT2D eigenvalue weighted by atomic mass is 10.1. The van der Waals surface area contributed by atoms with Gasteiger partial charge in [-0.3, -0.25) is 4.90 Å². The smallest absolute Gasteiger partial charge is 0.238 e. The van der Waals surface area contributed by atoms with Crippen LogP contribution in [-0.4, -0.2) is 39.6 Å². The van der Waals surface area contributed by atoms with Crippen LogP contribution in [0.15, 0.2) is 23.1 Å². The molecule has 0 atom stereocenters. The largest absolute Gasteiger partial charge is 0.489 e. The molecule has 20 heavy (non-hydrogen) atoms. The highest BCUT2D eigenvalue weighted by atomic mass is 32.2. The fourth-order valence-electron chi connectivity index (χ4n) is 2.24. The number of hydrogen-bond donors (Lipinski definition) is 1. The summed E-state index contributed by atoms with van der Waals surface area (Å²) in [6, 6.07) is 3.42. The van der Waals surface area contributed by atoms with Gasteiger partial charge >= 0.3 is 0 Å². The van der Waals surface area contributed by atoms with E-state index in [9.17, 15) is 12.8 Å². The van der Waals surface area contributed by atoms with Crippen LogP contribution in [0.3, 0.4) is 0 Å². The number of likely N-dealkylation sites (tertiary alicyclic amines) is 1. The van der Waals surface area contributed by atoms with E-state index in [1.54, 1.807) is 0 Å². The molecule has 1 fully saturated rings. The van der Waals surface area contributed by atoms with Gasteiger partial charge < -0.3 is 4.74 Å². The van der Waals surface area contributed by atoms with E-state index >= 15 is 0 Å². The molecule has 1 saturated heterocycles. The van der Waals surface area contributed by atoms with Crippen LogP contribution < -0.4 is 9.88 Å². The number of rotatable bonds is 5. The van der Waals surface area contributed by atoms with Gasteiger partial charge in [-0.25, -0.2) is 17.9 Å². The molecule has 0 saturated carbocycles. The zero-order valence-electron chi connectivity index (χ0n) is 11.2. The second-order valence-electron chi connectivity index (χ2n) is 4.89. The fraction of sp³-hybridized carbons (Fsp3) is 0.538. The van der Waals surface area contributed by atoms with Gasteiger partial charge in [-0.05, 0) is 44.1 Å². The maximum absolute atomic E-state index is 13.7. The molecule has 7 heteroatoms. The molecule has 0 aromatic heterocycles. The number of hydrogen-bond acceptors (Lipinski definition) is 4. The number of sulfonamides is 1. The summed E-state index contributed by atoms with van der Waals surface area (Å²) in [5.41, 5.74) is 0. The molecule has 2 N–H and O–H groups in total. The molecule has 0 amide bonds. The third-order valence-corrected chi connectivity index (χ3v) is 4.26.